The molecule has 3 N–H and O–H groups in total. The van der Waals surface area contributed by atoms with E-state index in [1.807, 2.05) is 31.2 Å². The second kappa shape index (κ2) is 14.8. The van der Waals surface area contributed by atoms with Crippen molar-refractivity contribution in [3.05, 3.63) is 84.6 Å². The molecule has 6 rings (SSSR count). The van der Waals surface area contributed by atoms with Crippen molar-refractivity contribution in [1.82, 2.24) is 29.4 Å². The smallest absolute Gasteiger partial charge is 0.317 e. The molecule has 1 fully saturated rings. The third-order valence-electron chi connectivity index (χ3n) is 7.16. The molecule has 0 saturated carbocycles. The van der Waals surface area contributed by atoms with Crippen LogP contribution in [0.15, 0.2) is 67.4 Å². The van der Waals surface area contributed by atoms with Gasteiger partial charge in [0.05, 0.1) is 11.9 Å². The van der Waals surface area contributed by atoms with E-state index in [2.05, 4.69) is 30.7 Å². The lowest BCUT2D eigenvalue weighted by Gasteiger charge is -2.24. The molecule has 5 aromatic rings. The molecular weight excluding hydrogens is 593 g/mol. The molecule has 0 bridgehead atoms. The number of nitrogen functional groups attached to an aromatic ring is 1. The van der Waals surface area contributed by atoms with Gasteiger partial charge in [-0.05, 0) is 51.6 Å². The molecule has 1 saturated heterocycles. The molecule has 3 aromatic heterocycles. The molecular formula is C33H36FN7O5. The number of likely N-dealkylation sites (N-methyl/N-ethyl adjacent to an activating group) is 1. The number of nitrogens with two attached hydrogens (primary N) is 1. The Kier molecular flexibility index (Phi) is 10.4. The third-order valence-corrected chi connectivity index (χ3v) is 7.16. The Morgan fingerprint density at radius 1 is 1.04 bits per heavy atom. The Morgan fingerprint density at radius 2 is 1.74 bits per heavy atom. The van der Waals surface area contributed by atoms with Crippen LogP contribution in [0, 0.1) is 12.7 Å². The van der Waals surface area contributed by atoms with E-state index in [4.69, 9.17) is 25.1 Å². The fourth-order valence-corrected chi connectivity index (χ4v) is 5.02. The van der Waals surface area contributed by atoms with Gasteiger partial charge in [0.1, 0.15) is 53.3 Å². The van der Waals surface area contributed by atoms with E-state index in [-0.39, 0.29) is 19.2 Å². The van der Waals surface area contributed by atoms with Crippen LogP contribution in [0.3, 0.4) is 0 Å². The predicted octanol–water partition coefficient (Wildman–Crippen LogP) is 5.27. The zero-order chi connectivity index (χ0) is 32.6. The maximum absolute atomic E-state index is 14.3. The molecule has 0 unspecified atom stereocenters. The lowest BCUT2D eigenvalue weighted by atomic mass is 10.1. The van der Waals surface area contributed by atoms with Crippen LogP contribution in [0.2, 0.25) is 0 Å². The zero-order valence-electron chi connectivity index (χ0n) is 25.9. The van der Waals surface area contributed by atoms with Crippen molar-refractivity contribution >= 4 is 22.8 Å². The summed E-state index contributed by atoms with van der Waals surface area (Å²) in [6.45, 7) is 3.58. The van der Waals surface area contributed by atoms with Gasteiger partial charge >= 0.3 is 5.97 Å². The molecule has 0 aliphatic carbocycles. The lowest BCUT2D eigenvalue weighted by molar-refractivity contribution is -0.137. The summed E-state index contributed by atoms with van der Waals surface area (Å²) >= 11 is 0. The second-order valence-electron chi connectivity index (χ2n) is 11.1. The van der Waals surface area contributed by atoms with Gasteiger partial charge in [0.2, 0.25) is 0 Å². The number of carboxylic acids is 1. The van der Waals surface area contributed by atoms with Crippen molar-refractivity contribution in [1.29, 1.82) is 0 Å². The predicted molar refractivity (Wildman–Crippen MR) is 170 cm³/mol. The van der Waals surface area contributed by atoms with Crippen LogP contribution in [0.25, 0.3) is 22.2 Å². The maximum Gasteiger partial charge on any atom is 0.317 e. The molecule has 2 aromatic carbocycles. The first kappa shape index (κ1) is 32.3. The van der Waals surface area contributed by atoms with Crippen molar-refractivity contribution in [2.75, 3.05) is 39.6 Å². The van der Waals surface area contributed by atoms with Gasteiger partial charge < -0.3 is 29.6 Å². The summed E-state index contributed by atoms with van der Waals surface area (Å²) in [7, 11) is 3.43. The summed E-state index contributed by atoms with van der Waals surface area (Å²) in [5, 5.41) is 8.86. The first-order valence-corrected chi connectivity index (χ1v) is 14.7. The number of aliphatic carboxylic acids is 1. The average molecular weight is 630 g/mol. The molecule has 0 spiro atoms. The minimum Gasteiger partial charge on any atom is -0.489 e. The van der Waals surface area contributed by atoms with E-state index >= 15 is 0 Å². The SMILES string of the molecule is CN(C)CC(=O)O.Cc1ncc(COc2cc(F)cc(Oc3ccc(-c4cn(C5CCOCC5)c5ncnc(N)c45)cc3)c2)cn1. The van der Waals surface area contributed by atoms with Crippen molar-refractivity contribution in [2.45, 2.75) is 32.4 Å². The highest BCUT2D eigenvalue weighted by Gasteiger charge is 2.22. The van der Waals surface area contributed by atoms with Crippen molar-refractivity contribution in [3.8, 4) is 28.4 Å². The quantitative estimate of drug-likeness (QED) is 0.219. The van der Waals surface area contributed by atoms with Crippen LogP contribution in [-0.4, -0.2) is 74.3 Å². The Labute approximate surface area is 265 Å². The molecule has 13 heteroatoms. The second-order valence-corrected chi connectivity index (χ2v) is 11.1. The highest BCUT2D eigenvalue weighted by Crippen LogP contribution is 2.37. The normalized spacial score (nSPS) is 13.3. The van der Waals surface area contributed by atoms with Crippen LogP contribution >= 0.6 is 0 Å². The van der Waals surface area contributed by atoms with Crippen LogP contribution in [-0.2, 0) is 16.1 Å². The minimum atomic E-state index is -0.787. The Morgan fingerprint density at radius 3 is 2.39 bits per heavy atom. The summed E-state index contributed by atoms with van der Waals surface area (Å²) in [5.41, 5.74) is 9.79. The van der Waals surface area contributed by atoms with E-state index < -0.39 is 11.8 Å². The summed E-state index contributed by atoms with van der Waals surface area (Å²) in [6.07, 6.45) is 8.79. The number of fused-ring (bicyclic) bond motifs is 1. The monoisotopic (exact) mass is 629 g/mol. The standard InChI is InChI=1S/C29H27FN6O3.C4H9NO2/c1-18-32-13-19(14-33-18)16-38-24-10-21(30)11-25(12-24)39-23-4-2-20(3-5-23)26-15-36(22-6-8-37-9-7-22)29-27(26)28(31)34-17-35-29;1-5(2)3-4(6)7/h2-5,10-15,17,22H,6-9,16H2,1H3,(H2,31,34,35);3H2,1-2H3,(H,6,7). The number of rotatable bonds is 9. The number of hydrogen-bond acceptors (Lipinski definition) is 10. The van der Waals surface area contributed by atoms with E-state index in [9.17, 15) is 9.18 Å². The number of halogens is 1. The highest BCUT2D eigenvalue weighted by atomic mass is 19.1. The molecule has 4 heterocycles. The minimum absolute atomic E-state index is 0.111. The number of carbonyl (C=O) groups is 1. The number of hydrogen-bond donors (Lipinski definition) is 2. The van der Waals surface area contributed by atoms with Crippen LogP contribution < -0.4 is 15.2 Å². The Hall–Kier alpha value is -5.14. The topological polar surface area (TPSA) is 151 Å². The Bertz CT molecular complexity index is 1770. The number of nitrogens with zero attached hydrogens (tertiary/aromatic N) is 6. The van der Waals surface area contributed by atoms with E-state index in [0.717, 1.165) is 53.8 Å². The van der Waals surface area contributed by atoms with Gasteiger partial charge in [-0.1, -0.05) is 12.1 Å². The number of carboxylic acid groups (broad SMARTS) is 1. The molecule has 1 aliphatic heterocycles. The largest absolute Gasteiger partial charge is 0.489 e. The Balaban J connectivity index is 0.000000537. The molecule has 0 radical (unpaired) electrons. The van der Waals surface area contributed by atoms with Crippen molar-refractivity contribution < 1.29 is 28.5 Å². The van der Waals surface area contributed by atoms with Gasteiger partial charge in [-0.25, -0.2) is 24.3 Å². The average Bonchev–Trinajstić information content (AvgIpc) is 3.42. The maximum atomic E-state index is 14.3. The highest BCUT2D eigenvalue weighted by molar-refractivity contribution is 6.00. The summed E-state index contributed by atoms with van der Waals surface area (Å²) < 4.78 is 33.7. The first-order chi connectivity index (χ1) is 22.2. The third kappa shape index (κ3) is 8.31. The van der Waals surface area contributed by atoms with Gasteiger partial charge in [0, 0.05) is 67.2 Å². The molecule has 0 atom stereocenters. The van der Waals surface area contributed by atoms with Gasteiger partial charge in [-0.2, -0.15) is 0 Å². The number of benzene rings is 2. The molecule has 12 nitrogen and oxygen atoms in total. The van der Waals surface area contributed by atoms with Gasteiger partial charge in [0.15, 0.2) is 0 Å². The summed E-state index contributed by atoms with van der Waals surface area (Å²) in [5.74, 6) is 1.09. The first-order valence-electron chi connectivity index (χ1n) is 14.7. The summed E-state index contributed by atoms with van der Waals surface area (Å²) in [4.78, 5) is 28.4. The van der Waals surface area contributed by atoms with Gasteiger partial charge in [-0.15, -0.1) is 0 Å². The van der Waals surface area contributed by atoms with Crippen molar-refractivity contribution in [3.63, 3.8) is 0 Å². The molecule has 46 heavy (non-hydrogen) atoms. The van der Waals surface area contributed by atoms with E-state index in [1.54, 1.807) is 37.5 Å². The van der Waals surface area contributed by atoms with Crippen molar-refractivity contribution in [2.24, 2.45) is 0 Å². The number of anilines is 1. The number of ether oxygens (including phenoxy) is 3. The summed E-state index contributed by atoms with van der Waals surface area (Å²) in [6, 6.07) is 12.1. The zero-order valence-corrected chi connectivity index (χ0v) is 25.9. The molecule has 0 amide bonds. The lowest BCUT2D eigenvalue weighted by Crippen LogP contribution is -2.20. The van der Waals surface area contributed by atoms with Gasteiger partial charge in [0.25, 0.3) is 0 Å². The fraction of sp³-hybridized carbons (Fsp3) is 0.303. The van der Waals surface area contributed by atoms with Gasteiger partial charge in [-0.3, -0.25) is 9.69 Å². The molecule has 1 aliphatic rings. The van der Waals surface area contributed by atoms with E-state index in [0.29, 0.717) is 28.9 Å². The number of aryl methyl sites for hydroxylation is 1. The molecule has 240 valence electrons. The van der Waals surface area contributed by atoms with Crippen LogP contribution in [0.5, 0.6) is 17.2 Å². The van der Waals surface area contributed by atoms with Crippen LogP contribution in [0.4, 0.5) is 10.2 Å². The fourth-order valence-electron chi connectivity index (χ4n) is 5.02. The van der Waals surface area contributed by atoms with Crippen LogP contribution in [0.1, 0.15) is 30.3 Å². The number of aromatic nitrogens is 5. The van der Waals surface area contributed by atoms with E-state index in [1.165, 1.54) is 18.5 Å².